The molecule has 0 bridgehead atoms. The summed E-state index contributed by atoms with van der Waals surface area (Å²) >= 11 is 0. The smallest absolute Gasteiger partial charge is 0.303 e. The molecule has 0 saturated heterocycles. The summed E-state index contributed by atoms with van der Waals surface area (Å²) in [6.07, 6.45) is 48.9. The Labute approximate surface area is 324 Å². The highest BCUT2D eigenvalue weighted by molar-refractivity contribution is 5.67. The quantitative estimate of drug-likeness (QED) is 0.0539. The highest BCUT2D eigenvalue weighted by Crippen LogP contribution is 2.15. The Morgan fingerprint density at radius 2 is 0.346 bits per heavy atom. The Morgan fingerprint density at radius 1 is 0.231 bits per heavy atom. The summed E-state index contributed by atoms with van der Waals surface area (Å²) in [4.78, 5) is 30.8. The fourth-order valence-corrected chi connectivity index (χ4v) is 6.53. The SMILES string of the molecule is CCCCCCCCCCCC(=O)O.CCCCCCCCCCCCCCCC(=O)O.CCCCCCCCCCCCCCCCCC(=O)O. The van der Waals surface area contributed by atoms with E-state index in [2.05, 4.69) is 20.8 Å². The van der Waals surface area contributed by atoms with Gasteiger partial charge in [-0.3, -0.25) is 14.4 Å². The van der Waals surface area contributed by atoms with Gasteiger partial charge in [0.05, 0.1) is 0 Å². The van der Waals surface area contributed by atoms with Gasteiger partial charge >= 0.3 is 17.9 Å². The summed E-state index contributed by atoms with van der Waals surface area (Å²) in [6.45, 7) is 6.76. The summed E-state index contributed by atoms with van der Waals surface area (Å²) < 4.78 is 0. The molecule has 6 heteroatoms. The number of carboxylic acids is 3. The van der Waals surface area contributed by atoms with E-state index in [0.717, 1.165) is 38.5 Å². The summed E-state index contributed by atoms with van der Waals surface area (Å²) in [5.74, 6) is -1.97. The summed E-state index contributed by atoms with van der Waals surface area (Å²) in [5.41, 5.74) is 0. The monoisotopic (exact) mass is 741 g/mol. The van der Waals surface area contributed by atoms with Crippen molar-refractivity contribution in [2.24, 2.45) is 0 Å². The van der Waals surface area contributed by atoms with Crippen molar-refractivity contribution < 1.29 is 29.7 Å². The Hall–Kier alpha value is -1.59. The zero-order valence-electron chi connectivity index (χ0n) is 35.4. The highest BCUT2D eigenvalue weighted by Gasteiger charge is 1.99. The van der Waals surface area contributed by atoms with E-state index in [1.165, 1.54) is 199 Å². The zero-order valence-corrected chi connectivity index (χ0v) is 35.4. The number of rotatable bonds is 40. The molecule has 0 aromatic carbocycles. The molecule has 0 aliphatic heterocycles. The molecule has 0 heterocycles. The number of unbranched alkanes of at least 4 members (excludes halogenated alkanes) is 34. The van der Waals surface area contributed by atoms with Gasteiger partial charge < -0.3 is 15.3 Å². The maximum atomic E-state index is 10.3. The molecule has 6 nitrogen and oxygen atoms in total. The van der Waals surface area contributed by atoms with Crippen LogP contribution >= 0.6 is 0 Å². The Morgan fingerprint density at radius 3 is 0.462 bits per heavy atom. The molecule has 0 saturated carbocycles. The number of carboxylic acid groups (broad SMARTS) is 3. The molecule has 0 unspecified atom stereocenters. The minimum atomic E-state index is -0.659. The van der Waals surface area contributed by atoms with Crippen LogP contribution < -0.4 is 0 Å². The number of aliphatic carboxylic acids is 3. The minimum absolute atomic E-state index is 0.343. The summed E-state index contributed by atoms with van der Waals surface area (Å²) in [6, 6.07) is 0. The molecule has 3 N–H and O–H groups in total. The van der Waals surface area contributed by atoms with Crippen molar-refractivity contribution in [2.75, 3.05) is 0 Å². The van der Waals surface area contributed by atoms with Crippen molar-refractivity contribution in [3.8, 4) is 0 Å². The largest absolute Gasteiger partial charge is 0.481 e. The van der Waals surface area contributed by atoms with E-state index in [1.807, 2.05) is 0 Å². The maximum absolute atomic E-state index is 10.3. The summed E-state index contributed by atoms with van der Waals surface area (Å²) in [5, 5.41) is 25.4. The normalized spacial score (nSPS) is 10.7. The first-order valence-electron chi connectivity index (χ1n) is 23.0. The number of hydrogen-bond donors (Lipinski definition) is 3. The van der Waals surface area contributed by atoms with Crippen molar-refractivity contribution in [2.45, 2.75) is 278 Å². The molecule has 0 aromatic rings. The molecule has 0 atom stereocenters. The van der Waals surface area contributed by atoms with Crippen LogP contribution in [0, 0.1) is 0 Å². The van der Waals surface area contributed by atoms with Gasteiger partial charge in [-0.2, -0.15) is 0 Å². The van der Waals surface area contributed by atoms with Gasteiger partial charge in [0.25, 0.3) is 0 Å². The van der Waals surface area contributed by atoms with Crippen LogP contribution in [0.5, 0.6) is 0 Å². The number of hydrogen-bond acceptors (Lipinski definition) is 3. The average Bonchev–Trinajstić information content (AvgIpc) is 3.11. The maximum Gasteiger partial charge on any atom is 0.303 e. The van der Waals surface area contributed by atoms with E-state index in [4.69, 9.17) is 15.3 Å². The molecule has 0 rings (SSSR count). The summed E-state index contributed by atoms with van der Waals surface area (Å²) in [7, 11) is 0. The molecular weight excluding hydrogens is 649 g/mol. The second-order valence-electron chi connectivity index (χ2n) is 15.5. The van der Waals surface area contributed by atoms with Crippen molar-refractivity contribution >= 4 is 17.9 Å². The third-order valence-corrected chi connectivity index (χ3v) is 9.98. The van der Waals surface area contributed by atoms with Gasteiger partial charge in [-0.25, -0.2) is 0 Å². The number of carbonyl (C=O) groups is 3. The molecule has 0 aliphatic rings. The lowest BCUT2D eigenvalue weighted by molar-refractivity contribution is -0.138. The van der Waals surface area contributed by atoms with E-state index in [-0.39, 0.29) is 0 Å². The third kappa shape index (κ3) is 63.5. The van der Waals surface area contributed by atoms with Gasteiger partial charge in [-0.05, 0) is 19.3 Å². The molecule has 0 amide bonds. The van der Waals surface area contributed by atoms with E-state index in [1.54, 1.807) is 0 Å². The first-order valence-corrected chi connectivity index (χ1v) is 23.0. The lowest BCUT2D eigenvalue weighted by Crippen LogP contribution is -1.93. The van der Waals surface area contributed by atoms with E-state index in [9.17, 15) is 14.4 Å². The predicted octanol–water partition coefficient (Wildman–Crippen LogP) is 15.9. The van der Waals surface area contributed by atoms with Crippen molar-refractivity contribution in [3.05, 3.63) is 0 Å². The lowest BCUT2D eigenvalue weighted by atomic mass is 10.0. The first-order chi connectivity index (χ1) is 25.3. The second kappa shape index (κ2) is 51.5. The molecule has 312 valence electrons. The van der Waals surface area contributed by atoms with Gasteiger partial charge in [0, 0.05) is 19.3 Å². The fourth-order valence-electron chi connectivity index (χ4n) is 6.53. The van der Waals surface area contributed by atoms with Gasteiger partial charge in [-0.1, -0.05) is 239 Å². The van der Waals surface area contributed by atoms with Crippen LogP contribution in [0.4, 0.5) is 0 Å². The molecule has 0 fully saturated rings. The third-order valence-electron chi connectivity index (χ3n) is 9.98. The van der Waals surface area contributed by atoms with E-state index < -0.39 is 17.9 Å². The molecule has 0 spiro atoms. The van der Waals surface area contributed by atoms with Gasteiger partial charge in [0.15, 0.2) is 0 Å². The van der Waals surface area contributed by atoms with Crippen LogP contribution in [-0.4, -0.2) is 33.2 Å². The van der Waals surface area contributed by atoms with Gasteiger partial charge in [0.2, 0.25) is 0 Å². The van der Waals surface area contributed by atoms with Crippen molar-refractivity contribution in [3.63, 3.8) is 0 Å². The van der Waals surface area contributed by atoms with Crippen LogP contribution in [0.15, 0.2) is 0 Å². The van der Waals surface area contributed by atoms with Gasteiger partial charge in [-0.15, -0.1) is 0 Å². The Kier molecular flexibility index (Phi) is 54.2. The first kappa shape index (κ1) is 54.8. The van der Waals surface area contributed by atoms with Crippen LogP contribution in [-0.2, 0) is 14.4 Å². The fraction of sp³-hybridized carbons (Fsp3) is 0.935. The average molecular weight is 741 g/mol. The molecule has 0 aliphatic carbocycles. The lowest BCUT2D eigenvalue weighted by Gasteiger charge is -2.03. The molecule has 52 heavy (non-hydrogen) atoms. The molecule has 0 radical (unpaired) electrons. The van der Waals surface area contributed by atoms with Gasteiger partial charge in [0.1, 0.15) is 0 Å². The molecule has 0 aromatic heterocycles. The van der Waals surface area contributed by atoms with E-state index in [0.29, 0.717) is 19.3 Å². The zero-order chi connectivity index (χ0) is 39.0. The van der Waals surface area contributed by atoms with Crippen LogP contribution in [0.1, 0.15) is 278 Å². The Bertz CT molecular complexity index is 694. The van der Waals surface area contributed by atoms with Crippen molar-refractivity contribution in [1.29, 1.82) is 0 Å². The van der Waals surface area contributed by atoms with Crippen LogP contribution in [0.2, 0.25) is 0 Å². The predicted molar refractivity (Wildman–Crippen MR) is 225 cm³/mol. The standard InChI is InChI=1S/C18H36O2.C16H32O2.C12H24O2/c1-2-3-4-5-6-7-8-9-10-11-12-13-14-15-16-17-18(19)20;1-2-3-4-5-6-7-8-9-10-11-12-13-14-15-16(17)18;1-2-3-4-5-6-7-8-9-10-11-12(13)14/h2-17H2,1H3,(H,19,20);2-15H2,1H3,(H,17,18);2-11H2,1H3,(H,13,14). The van der Waals surface area contributed by atoms with Crippen LogP contribution in [0.25, 0.3) is 0 Å². The topological polar surface area (TPSA) is 112 Å². The highest BCUT2D eigenvalue weighted by atomic mass is 16.4. The van der Waals surface area contributed by atoms with Crippen molar-refractivity contribution in [1.82, 2.24) is 0 Å². The Balaban J connectivity index is -0.000000704. The minimum Gasteiger partial charge on any atom is -0.481 e. The second-order valence-corrected chi connectivity index (χ2v) is 15.5. The molecular formula is C46H92O6. The van der Waals surface area contributed by atoms with E-state index >= 15 is 0 Å². The van der Waals surface area contributed by atoms with Crippen LogP contribution in [0.3, 0.4) is 0 Å².